The van der Waals surface area contributed by atoms with E-state index in [1.807, 2.05) is 60.7 Å². The minimum Gasteiger partial charge on any atom is -0.508 e. The molecular formula is C29H23N3O3. The number of aromatic nitrogens is 3. The van der Waals surface area contributed by atoms with Gasteiger partial charge in [-0.1, -0.05) is 48.5 Å². The molecule has 0 saturated carbocycles. The predicted octanol–water partition coefficient (Wildman–Crippen LogP) is 5.20. The van der Waals surface area contributed by atoms with Gasteiger partial charge in [0.05, 0.1) is 23.8 Å². The molecule has 2 heterocycles. The van der Waals surface area contributed by atoms with Crippen LogP contribution in [0.25, 0.3) is 27.6 Å². The number of hydrogen-bond acceptors (Lipinski definition) is 4. The molecule has 35 heavy (non-hydrogen) atoms. The largest absolute Gasteiger partial charge is 0.508 e. The second-order valence-corrected chi connectivity index (χ2v) is 8.68. The van der Waals surface area contributed by atoms with E-state index in [0.717, 1.165) is 44.4 Å². The number of aromatic amines is 1. The Hall–Kier alpha value is -4.58. The molecule has 0 amide bonds. The average Bonchev–Trinajstić information content (AvgIpc) is 3.22. The van der Waals surface area contributed by atoms with Crippen molar-refractivity contribution in [2.24, 2.45) is 0 Å². The van der Waals surface area contributed by atoms with Gasteiger partial charge in [-0.3, -0.25) is 9.36 Å². The molecule has 4 aromatic rings. The monoisotopic (exact) mass is 461 g/mol. The van der Waals surface area contributed by atoms with Crippen LogP contribution >= 0.6 is 0 Å². The molecule has 0 spiro atoms. The standard InChI is InChI=1S/C29H23N3O3/c1-35-22-12-13-23-20(17-22)9-14-26-27(23)30-24(15-18-5-3-2-4-6-18)28-31-25(29(34)32(26)28)16-19-7-10-21(33)11-8-19/h2-14,17,30,33H,15-16H2,1H3. The highest BCUT2D eigenvalue weighted by molar-refractivity contribution is 6.05. The fraction of sp³-hybridized carbons (Fsp3) is 0.103. The number of rotatable bonds is 5. The quantitative estimate of drug-likeness (QED) is 0.346. The van der Waals surface area contributed by atoms with Gasteiger partial charge in [-0.2, -0.15) is 0 Å². The van der Waals surface area contributed by atoms with Crippen LogP contribution in [0.1, 0.15) is 22.5 Å². The number of aromatic hydroxyl groups is 1. The number of nitrogens with one attached hydrogen (secondary N) is 1. The van der Waals surface area contributed by atoms with E-state index in [1.54, 1.807) is 23.8 Å². The van der Waals surface area contributed by atoms with Gasteiger partial charge < -0.3 is 14.8 Å². The van der Waals surface area contributed by atoms with Gasteiger partial charge in [0.15, 0.2) is 5.82 Å². The first-order valence-electron chi connectivity index (χ1n) is 11.5. The van der Waals surface area contributed by atoms with Crippen molar-refractivity contribution in [3.8, 4) is 17.3 Å². The minimum absolute atomic E-state index is 0.130. The molecule has 2 N–H and O–H groups in total. The number of methoxy groups -OCH3 is 1. The lowest BCUT2D eigenvalue weighted by Crippen LogP contribution is -2.18. The van der Waals surface area contributed by atoms with Gasteiger partial charge in [0, 0.05) is 18.2 Å². The normalized spacial score (nSPS) is 11.5. The lowest BCUT2D eigenvalue weighted by molar-refractivity contribution is 0.415. The molecule has 0 saturated heterocycles. The molecule has 6 rings (SSSR count). The van der Waals surface area contributed by atoms with Crippen molar-refractivity contribution in [3.63, 3.8) is 0 Å². The number of fused-ring (bicyclic) bond motifs is 5. The number of hydrogen-bond donors (Lipinski definition) is 2. The van der Waals surface area contributed by atoms with Crippen LogP contribution in [0, 0.1) is 0 Å². The van der Waals surface area contributed by atoms with Gasteiger partial charge in [0.1, 0.15) is 17.2 Å². The lowest BCUT2D eigenvalue weighted by atomic mass is 10.1. The summed E-state index contributed by atoms with van der Waals surface area (Å²) in [5.41, 5.74) is 4.93. The van der Waals surface area contributed by atoms with Crippen molar-refractivity contribution in [2.75, 3.05) is 7.11 Å². The van der Waals surface area contributed by atoms with Gasteiger partial charge in [-0.15, -0.1) is 0 Å². The zero-order chi connectivity index (χ0) is 23.9. The van der Waals surface area contributed by atoms with Gasteiger partial charge >= 0.3 is 0 Å². The molecule has 0 unspecified atom stereocenters. The number of nitrogens with zero attached hydrogens (tertiary/aromatic N) is 2. The Balaban J connectivity index is 1.60. The highest BCUT2D eigenvalue weighted by Gasteiger charge is 2.22. The molecule has 2 aliphatic heterocycles. The van der Waals surface area contributed by atoms with Crippen LogP contribution in [0.3, 0.4) is 0 Å². The smallest absolute Gasteiger partial charge is 0.278 e. The number of phenols is 1. The highest BCUT2D eigenvalue weighted by Crippen LogP contribution is 2.30. The van der Waals surface area contributed by atoms with E-state index >= 15 is 0 Å². The van der Waals surface area contributed by atoms with Crippen LogP contribution in [-0.2, 0) is 12.8 Å². The summed E-state index contributed by atoms with van der Waals surface area (Å²) in [7, 11) is 1.65. The van der Waals surface area contributed by atoms with Gasteiger partial charge in [-0.05, 0) is 52.9 Å². The van der Waals surface area contributed by atoms with E-state index in [2.05, 4.69) is 17.1 Å². The summed E-state index contributed by atoms with van der Waals surface area (Å²) >= 11 is 0. The predicted molar refractivity (Wildman–Crippen MR) is 137 cm³/mol. The maximum atomic E-state index is 13.7. The Bertz CT molecular complexity index is 1700. The lowest BCUT2D eigenvalue weighted by Gasteiger charge is -2.15. The third kappa shape index (κ3) is 3.69. The molecule has 0 aliphatic carbocycles. The van der Waals surface area contributed by atoms with Gasteiger partial charge in [0.2, 0.25) is 0 Å². The Morgan fingerprint density at radius 2 is 1.69 bits per heavy atom. The molecule has 4 aromatic carbocycles. The Kier molecular flexibility index (Phi) is 4.99. The fourth-order valence-electron chi connectivity index (χ4n) is 4.67. The Morgan fingerprint density at radius 1 is 0.914 bits per heavy atom. The van der Waals surface area contributed by atoms with Crippen LogP contribution in [0.2, 0.25) is 0 Å². The van der Waals surface area contributed by atoms with Crippen molar-refractivity contribution < 1.29 is 9.84 Å². The van der Waals surface area contributed by atoms with Crippen molar-refractivity contribution >= 4 is 21.8 Å². The van der Waals surface area contributed by atoms with Crippen LogP contribution in [0.4, 0.5) is 0 Å². The number of phenolic OH excluding ortho intramolecular Hbond substituents is 1. The summed E-state index contributed by atoms with van der Waals surface area (Å²) in [6.07, 6.45) is 1.000. The molecule has 0 radical (unpaired) electrons. The maximum absolute atomic E-state index is 13.7. The summed E-state index contributed by atoms with van der Waals surface area (Å²) in [6.45, 7) is 0. The summed E-state index contributed by atoms with van der Waals surface area (Å²) in [6, 6.07) is 26.9. The third-order valence-corrected chi connectivity index (χ3v) is 6.43. The molecule has 0 aromatic heterocycles. The van der Waals surface area contributed by atoms with Crippen LogP contribution in [0.5, 0.6) is 11.5 Å². The first kappa shape index (κ1) is 21.0. The minimum atomic E-state index is -0.130. The van der Waals surface area contributed by atoms with Crippen molar-refractivity contribution in [1.29, 1.82) is 0 Å². The highest BCUT2D eigenvalue weighted by atomic mass is 16.5. The van der Waals surface area contributed by atoms with E-state index in [1.165, 1.54) is 0 Å². The first-order valence-corrected chi connectivity index (χ1v) is 11.5. The van der Waals surface area contributed by atoms with E-state index < -0.39 is 0 Å². The number of benzene rings is 4. The van der Waals surface area contributed by atoms with E-state index in [4.69, 9.17) is 9.72 Å². The number of H-pyrrole nitrogens is 1. The van der Waals surface area contributed by atoms with Gasteiger partial charge in [0.25, 0.3) is 5.56 Å². The van der Waals surface area contributed by atoms with Crippen molar-refractivity contribution in [1.82, 2.24) is 14.5 Å². The van der Waals surface area contributed by atoms with E-state index in [0.29, 0.717) is 24.4 Å². The van der Waals surface area contributed by atoms with E-state index in [9.17, 15) is 9.90 Å². The summed E-state index contributed by atoms with van der Waals surface area (Å²) in [4.78, 5) is 22.1. The second-order valence-electron chi connectivity index (χ2n) is 8.68. The van der Waals surface area contributed by atoms with E-state index in [-0.39, 0.29) is 11.3 Å². The summed E-state index contributed by atoms with van der Waals surface area (Å²) in [5.74, 6) is 1.61. The molecule has 0 bridgehead atoms. The average molecular weight is 462 g/mol. The van der Waals surface area contributed by atoms with Crippen molar-refractivity contribution in [2.45, 2.75) is 12.8 Å². The zero-order valence-corrected chi connectivity index (χ0v) is 19.2. The van der Waals surface area contributed by atoms with Crippen LogP contribution in [-0.4, -0.2) is 26.8 Å². The zero-order valence-electron chi connectivity index (χ0n) is 19.2. The van der Waals surface area contributed by atoms with Crippen LogP contribution < -0.4 is 10.3 Å². The molecular weight excluding hydrogens is 438 g/mol. The summed E-state index contributed by atoms with van der Waals surface area (Å²) < 4.78 is 7.13. The molecule has 0 fully saturated rings. The molecule has 6 nitrogen and oxygen atoms in total. The topological polar surface area (TPSA) is 80.1 Å². The molecule has 2 aliphatic rings. The molecule has 6 heteroatoms. The number of ether oxygens (including phenoxy) is 1. The second kappa shape index (κ2) is 8.33. The first-order chi connectivity index (χ1) is 17.1. The van der Waals surface area contributed by atoms with Crippen molar-refractivity contribution in [3.05, 3.63) is 118 Å². The maximum Gasteiger partial charge on any atom is 0.278 e. The third-order valence-electron chi connectivity index (χ3n) is 6.43. The Morgan fingerprint density at radius 3 is 2.46 bits per heavy atom. The number of imidazole rings is 1. The molecule has 0 atom stereocenters. The Labute approximate surface area is 201 Å². The fourth-order valence-corrected chi connectivity index (χ4v) is 4.67. The van der Waals surface area contributed by atoms with Crippen LogP contribution in [0.15, 0.2) is 89.7 Å². The molecule has 172 valence electrons. The van der Waals surface area contributed by atoms with Gasteiger partial charge in [-0.25, -0.2) is 4.98 Å². The summed E-state index contributed by atoms with van der Waals surface area (Å²) in [5, 5.41) is 11.6. The SMILES string of the molecule is COc1ccc2c(ccc3c2[nH]c(Cc2ccccc2)c2nc(Cc4ccc(O)cc4)c(=O)n3-2)c1.